The predicted octanol–water partition coefficient (Wildman–Crippen LogP) is 2.72. The number of hydrogen-bond donors (Lipinski definition) is 0. The number of aromatic nitrogens is 1. The van der Waals surface area contributed by atoms with Gasteiger partial charge in [-0.2, -0.15) is 0 Å². The van der Waals surface area contributed by atoms with Crippen LogP contribution in [0.1, 0.15) is 17.8 Å². The zero-order chi connectivity index (χ0) is 16.2. The highest BCUT2D eigenvalue weighted by atomic mass is 32.1. The number of ether oxygens (including phenoxy) is 1. The summed E-state index contributed by atoms with van der Waals surface area (Å²) in [5, 5.41) is 0.823. The van der Waals surface area contributed by atoms with Crippen molar-refractivity contribution in [2.45, 2.75) is 12.8 Å². The summed E-state index contributed by atoms with van der Waals surface area (Å²) in [5.74, 6) is -0.299. The summed E-state index contributed by atoms with van der Waals surface area (Å²) in [6.07, 6.45) is 4.65. The normalized spacial score (nSPS) is 16.1. The minimum atomic E-state index is -0.179. The maximum atomic E-state index is 12.2. The van der Waals surface area contributed by atoms with Crippen LogP contribution in [0, 0.1) is 5.92 Å². The molecule has 0 spiro atoms. The average molecular weight is 330 g/mol. The number of benzene rings is 1. The number of carbonyl (C=O) groups is 2. The molecule has 5 nitrogen and oxygen atoms in total. The van der Waals surface area contributed by atoms with Gasteiger partial charge in [0.15, 0.2) is 0 Å². The van der Waals surface area contributed by atoms with Crippen LogP contribution in [0.25, 0.3) is 16.3 Å². The number of carbonyl (C=O) groups excluding carboxylic acids is 2. The minimum Gasteiger partial charge on any atom is -0.469 e. The fraction of sp³-hybridized carbons (Fsp3) is 0.353. The van der Waals surface area contributed by atoms with E-state index in [9.17, 15) is 9.59 Å². The molecular formula is C17H18N2O3S. The van der Waals surface area contributed by atoms with Gasteiger partial charge in [-0.05, 0) is 31.1 Å². The quantitative estimate of drug-likeness (QED) is 0.641. The van der Waals surface area contributed by atoms with Crippen molar-refractivity contribution in [3.8, 4) is 0 Å². The molecule has 120 valence electrons. The van der Waals surface area contributed by atoms with Crippen LogP contribution < -0.4 is 0 Å². The van der Waals surface area contributed by atoms with Crippen molar-refractivity contribution >= 4 is 39.5 Å². The van der Waals surface area contributed by atoms with Crippen LogP contribution in [-0.2, 0) is 14.3 Å². The lowest BCUT2D eigenvalue weighted by atomic mass is 9.97. The topological polar surface area (TPSA) is 59.5 Å². The van der Waals surface area contributed by atoms with Crippen molar-refractivity contribution in [2.75, 3.05) is 20.2 Å². The molecule has 0 aliphatic carbocycles. The molecule has 0 unspecified atom stereocenters. The first-order valence-corrected chi connectivity index (χ1v) is 8.39. The van der Waals surface area contributed by atoms with E-state index in [0.717, 1.165) is 15.2 Å². The van der Waals surface area contributed by atoms with Gasteiger partial charge in [0.1, 0.15) is 5.01 Å². The Morgan fingerprint density at radius 3 is 2.74 bits per heavy atom. The minimum absolute atomic E-state index is 0.0347. The molecule has 1 amide bonds. The SMILES string of the molecule is COC(=O)C1CCN(C(=O)/C=C/c2nc3ccccc3s2)CC1. The van der Waals surface area contributed by atoms with Crippen molar-refractivity contribution in [3.63, 3.8) is 0 Å². The maximum Gasteiger partial charge on any atom is 0.308 e. The number of methoxy groups -OCH3 is 1. The molecule has 23 heavy (non-hydrogen) atoms. The maximum absolute atomic E-state index is 12.2. The Bertz CT molecular complexity index is 712. The van der Waals surface area contributed by atoms with E-state index in [0.29, 0.717) is 25.9 Å². The van der Waals surface area contributed by atoms with E-state index < -0.39 is 0 Å². The van der Waals surface area contributed by atoms with Gasteiger partial charge in [-0.15, -0.1) is 11.3 Å². The molecule has 0 atom stereocenters. The number of piperidine rings is 1. The molecule has 1 saturated heterocycles. The smallest absolute Gasteiger partial charge is 0.308 e. The number of fused-ring (bicyclic) bond motifs is 1. The van der Waals surface area contributed by atoms with Crippen molar-refractivity contribution in [1.82, 2.24) is 9.88 Å². The van der Waals surface area contributed by atoms with Gasteiger partial charge in [-0.3, -0.25) is 9.59 Å². The van der Waals surface area contributed by atoms with E-state index in [1.54, 1.807) is 28.4 Å². The number of esters is 1. The molecule has 1 fully saturated rings. The van der Waals surface area contributed by atoms with Gasteiger partial charge in [-0.25, -0.2) is 4.98 Å². The lowest BCUT2D eigenvalue weighted by molar-refractivity contribution is -0.148. The van der Waals surface area contributed by atoms with E-state index in [4.69, 9.17) is 4.74 Å². The van der Waals surface area contributed by atoms with E-state index in [1.165, 1.54) is 7.11 Å². The van der Waals surface area contributed by atoms with Crippen LogP contribution in [0.15, 0.2) is 30.3 Å². The van der Waals surface area contributed by atoms with Crippen molar-refractivity contribution in [3.05, 3.63) is 35.3 Å². The Balaban J connectivity index is 1.60. The van der Waals surface area contributed by atoms with E-state index in [-0.39, 0.29) is 17.8 Å². The predicted molar refractivity (Wildman–Crippen MR) is 90.0 cm³/mol. The van der Waals surface area contributed by atoms with E-state index in [1.807, 2.05) is 24.3 Å². The summed E-state index contributed by atoms with van der Waals surface area (Å²) in [7, 11) is 1.40. The molecule has 2 aromatic rings. The molecule has 0 N–H and O–H groups in total. The number of amides is 1. The van der Waals surface area contributed by atoms with Gasteiger partial charge in [-0.1, -0.05) is 12.1 Å². The standard InChI is InChI=1S/C17H18N2O3S/c1-22-17(21)12-8-10-19(11-9-12)16(20)7-6-15-18-13-4-2-3-5-14(13)23-15/h2-7,12H,8-11H2,1H3/b7-6+. The fourth-order valence-electron chi connectivity index (χ4n) is 2.71. The highest BCUT2D eigenvalue weighted by Crippen LogP contribution is 2.23. The number of nitrogens with zero attached hydrogens (tertiary/aromatic N) is 2. The Hall–Kier alpha value is -2.21. The second-order valence-corrected chi connectivity index (χ2v) is 6.54. The van der Waals surface area contributed by atoms with Gasteiger partial charge in [0.25, 0.3) is 0 Å². The van der Waals surface area contributed by atoms with Gasteiger partial charge in [0.05, 0.1) is 23.2 Å². The third-order valence-electron chi connectivity index (χ3n) is 4.02. The number of rotatable bonds is 3. The molecule has 1 aliphatic rings. The zero-order valence-electron chi connectivity index (χ0n) is 12.9. The molecule has 1 aliphatic heterocycles. The molecule has 6 heteroatoms. The van der Waals surface area contributed by atoms with Crippen molar-refractivity contribution < 1.29 is 14.3 Å². The lowest BCUT2D eigenvalue weighted by Crippen LogP contribution is -2.39. The molecule has 1 aromatic heterocycles. The molecule has 3 rings (SSSR count). The van der Waals surface area contributed by atoms with Crippen LogP contribution in [-0.4, -0.2) is 42.0 Å². The first-order chi connectivity index (χ1) is 11.2. The first-order valence-electron chi connectivity index (χ1n) is 7.58. The third-order valence-corrected chi connectivity index (χ3v) is 5.02. The summed E-state index contributed by atoms with van der Waals surface area (Å²) >= 11 is 1.56. The van der Waals surface area contributed by atoms with Crippen molar-refractivity contribution in [1.29, 1.82) is 0 Å². The molecule has 2 heterocycles. The highest BCUT2D eigenvalue weighted by Gasteiger charge is 2.26. The van der Waals surface area contributed by atoms with Crippen molar-refractivity contribution in [2.24, 2.45) is 5.92 Å². The van der Waals surface area contributed by atoms with Crippen LogP contribution >= 0.6 is 11.3 Å². The molecule has 0 radical (unpaired) electrons. The fourth-order valence-corrected chi connectivity index (χ4v) is 3.58. The summed E-state index contributed by atoms with van der Waals surface area (Å²) in [4.78, 5) is 30.0. The van der Waals surface area contributed by atoms with E-state index in [2.05, 4.69) is 4.98 Å². The number of para-hydroxylation sites is 1. The largest absolute Gasteiger partial charge is 0.469 e. The van der Waals surface area contributed by atoms with Crippen LogP contribution in [0.3, 0.4) is 0 Å². The molecule has 1 aromatic carbocycles. The Morgan fingerprint density at radius 1 is 1.30 bits per heavy atom. The van der Waals surface area contributed by atoms with Gasteiger partial charge >= 0.3 is 5.97 Å². The highest BCUT2D eigenvalue weighted by molar-refractivity contribution is 7.19. The third kappa shape index (κ3) is 3.59. The summed E-state index contributed by atoms with van der Waals surface area (Å²) in [6.45, 7) is 1.17. The zero-order valence-corrected chi connectivity index (χ0v) is 13.7. The summed E-state index contributed by atoms with van der Waals surface area (Å²) in [6, 6.07) is 7.91. The summed E-state index contributed by atoms with van der Waals surface area (Å²) < 4.78 is 5.87. The average Bonchev–Trinajstić information content (AvgIpc) is 3.02. The summed E-state index contributed by atoms with van der Waals surface area (Å²) in [5.41, 5.74) is 0.948. The Labute approximate surface area is 138 Å². The Kier molecular flexibility index (Phi) is 4.71. The van der Waals surface area contributed by atoms with Gasteiger partial charge in [0, 0.05) is 19.2 Å². The molecule has 0 saturated carbocycles. The molecule has 0 bridgehead atoms. The van der Waals surface area contributed by atoms with Crippen LogP contribution in [0.2, 0.25) is 0 Å². The monoisotopic (exact) mass is 330 g/mol. The molecular weight excluding hydrogens is 312 g/mol. The number of thiazole rings is 1. The van der Waals surface area contributed by atoms with Crippen LogP contribution in [0.5, 0.6) is 0 Å². The van der Waals surface area contributed by atoms with Gasteiger partial charge < -0.3 is 9.64 Å². The second-order valence-electron chi connectivity index (χ2n) is 5.48. The van der Waals surface area contributed by atoms with E-state index >= 15 is 0 Å². The van der Waals surface area contributed by atoms with Crippen LogP contribution in [0.4, 0.5) is 0 Å². The number of likely N-dealkylation sites (tertiary alicyclic amines) is 1. The lowest BCUT2D eigenvalue weighted by Gasteiger charge is -2.29. The Morgan fingerprint density at radius 2 is 2.04 bits per heavy atom. The first kappa shape index (κ1) is 15.7. The van der Waals surface area contributed by atoms with Gasteiger partial charge in [0.2, 0.25) is 5.91 Å². The second kappa shape index (κ2) is 6.91. The number of hydrogen-bond acceptors (Lipinski definition) is 5.